The number of aryl methyl sites for hydroxylation is 1. The highest BCUT2D eigenvalue weighted by molar-refractivity contribution is 5.37. The monoisotopic (exact) mass is 278 g/mol. The fraction of sp³-hybridized carbons (Fsp3) is 0.733. The second-order valence-corrected chi connectivity index (χ2v) is 5.89. The van der Waals surface area contributed by atoms with Gasteiger partial charge in [0.15, 0.2) is 0 Å². The number of hydrogen-bond donors (Lipinski definition) is 1. The fourth-order valence-electron chi connectivity index (χ4n) is 2.61. The van der Waals surface area contributed by atoms with Crippen LogP contribution in [0.15, 0.2) is 6.07 Å². The third-order valence-electron chi connectivity index (χ3n) is 3.59. The molecule has 1 saturated heterocycles. The first-order valence-electron chi connectivity index (χ1n) is 7.47. The van der Waals surface area contributed by atoms with Crippen molar-refractivity contribution in [1.29, 1.82) is 0 Å². The summed E-state index contributed by atoms with van der Waals surface area (Å²) in [6.07, 6.45) is 2.40. The summed E-state index contributed by atoms with van der Waals surface area (Å²) in [5.74, 6) is 2.13. The molecule has 5 nitrogen and oxygen atoms in total. The van der Waals surface area contributed by atoms with Gasteiger partial charge in [0.1, 0.15) is 0 Å². The average Bonchev–Trinajstić information content (AvgIpc) is 2.86. The van der Waals surface area contributed by atoms with E-state index in [-0.39, 0.29) is 0 Å². The van der Waals surface area contributed by atoms with Gasteiger partial charge in [-0.1, -0.05) is 13.8 Å². The first-order valence-corrected chi connectivity index (χ1v) is 7.47. The van der Waals surface area contributed by atoms with Gasteiger partial charge in [-0.25, -0.2) is 4.98 Å². The van der Waals surface area contributed by atoms with Crippen molar-refractivity contribution in [3.8, 4) is 5.88 Å². The molecule has 2 heterocycles. The zero-order chi connectivity index (χ0) is 14.5. The molecule has 1 aromatic rings. The lowest BCUT2D eigenvalue weighted by Crippen LogP contribution is -2.40. The van der Waals surface area contributed by atoms with Gasteiger partial charge < -0.3 is 15.0 Å². The lowest BCUT2D eigenvalue weighted by atomic mass is 10.2. The Morgan fingerprint density at radius 1 is 1.45 bits per heavy atom. The Balaban J connectivity index is 2.04. The fourth-order valence-corrected chi connectivity index (χ4v) is 2.61. The van der Waals surface area contributed by atoms with Crippen LogP contribution in [0.1, 0.15) is 32.4 Å². The molecule has 0 aliphatic carbocycles. The molecule has 1 unspecified atom stereocenters. The van der Waals surface area contributed by atoms with Gasteiger partial charge in [-0.15, -0.1) is 0 Å². The van der Waals surface area contributed by atoms with Crippen molar-refractivity contribution >= 4 is 5.95 Å². The van der Waals surface area contributed by atoms with E-state index in [1.807, 2.05) is 13.0 Å². The smallest absolute Gasteiger partial charge is 0.229 e. The Hall–Kier alpha value is -1.36. The van der Waals surface area contributed by atoms with E-state index >= 15 is 0 Å². The summed E-state index contributed by atoms with van der Waals surface area (Å²) in [5.41, 5.74) is 0.952. The first kappa shape index (κ1) is 15.0. The summed E-state index contributed by atoms with van der Waals surface area (Å²) in [6, 6.07) is 2.35. The second kappa shape index (κ2) is 6.88. The van der Waals surface area contributed by atoms with Crippen LogP contribution in [0.5, 0.6) is 5.88 Å². The van der Waals surface area contributed by atoms with Crippen molar-refractivity contribution in [3.05, 3.63) is 11.8 Å². The third kappa shape index (κ3) is 3.82. The summed E-state index contributed by atoms with van der Waals surface area (Å²) in [7, 11) is 1.65. The highest BCUT2D eigenvalue weighted by atomic mass is 16.5. The molecule has 112 valence electrons. The van der Waals surface area contributed by atoms with Crippen LogP contribution >= 0.6 is 0 Å². The second-order valence-electron chi connectivity index (χ2n) is 5.89. The molecule has 5 heteroatoms. The zero-order valence-electron chi connectivity index (χ0n) is 13.0. The van der Waals surface area contributed by atoms with Crippen LogP contribution in [-0.4, -0.2) is 42.8 Å². The van der Waals surface area contributed by atoms with Gasteiger partial charge >= 0.3 is 0 Å². The maximum absolute atomic E-state index is 5.25. The largest absolute Gasteiger partial charge is 0.481 e. The minimum absolute atomic E-state index is 0.486. The van der Waals surface area contributed by atoms with Gasteiger partial charge in [0.05, 0.1) is 7.11 Å². The van der Waals surface area contributed by atoms with Crippen molar-refractivity contribution in [2.24, 2.45) is 5.92 Å². The molecular formula is C15H26N4O. The van der Waals surface area contributed by atoms with E-state index in [2.05, 4.69) is 34.0 Å². The zero-order valence-corrected chi connectivity index (χ0v) is 13.0. The lowest BCUT2D eigenvalue weighted by Gasteiger charge is -2.25. The highest BCUT2D eigenvalue weighted by Gasteiger charge is 2.26. The van der Waals surface area contributed by atoms with E-state index in [0.29, 0.717) is 17.8 Å². The molecule has 0 bridgehead atoms. The van der Waals surface area contributed by atoms with Crippen molar-refractivity contribution < 1.29 is 4.74 Å². The number of hydrogen-bond acceptors (Lipinski definition) is 5. The summed E-state index contributed by atoms with van der Waals surface area (Å²) < 4.78 is 5.25. The Bertz CT molecular complexity index is 436. The normalized spacial score (nSPS) is 18.9. The summed E-state index contributed by atoms with van der Waals surface area (Å²) >= 11 is 0. The van der Waals surface area contributed by atoms with Crippen LogP contribution in [0.3, 0.4) is 0 Å². The van der Waals surface area contributed by atoms with Gasteiger partial charge in [0.25, 0.3) is 0 Å². The lowest BCUT2D eigenvalue weighted by molar-refractivity contribution is 0.395. The molecule has 0 saturated carbocycles. The highest BCUT2D eigenvalue weighted by Crippen LogP contribution is 2.24. The molecule has 1 atom stereocenters. The van der Waals surface area contributed by atoms with E-state index < -0.39 is 0 Å². The Morgan fingerprint density at radius 3 is 2.95 bits per heavy atom. The molecule has 0 aromatic carbocycles. The number of rotatable bonds is 6. The van der Waals surface area contributed by atoms with Gasteiger partial charge in [0, 0.05) is 30.9 Å². The number of ether oxygens (including phenoxy) is 1. The molecule has 0 amide bonds. The third-order valence-corrected chi connectivity index (χ3v) is 3.59. The maximum Gasteiger partial charge on any atom is 0.229 e. The molecular weight excluding hydrogens is 252 g/mol. The van der Waals surface area contributed by atoms with Crippen LogP contribution in [0.25, 0.3) is 0 Å². The molecule has 0 radical (unpaired) electrons. The Kier molecular flexibility index (Phi) is 5.17. The van der Waals surface area contributed by atoms with E-state index in [9.17, 15) is 0 Å². The van der Waals surface area contributed by atoms with Gasteiger partial charge in [-0.2, -0.15) is 4.98 Å². The molecule has 1 fully saturated rings. The summed E-state index contributed by atoms with van der Waals surface area (Å²) in [6.45, 7) is 9.53. The molecule has 2 rings (SSSR count). The molecule has 20 heavy (non-hydrogen) atoms. The number of anilines is 1. The summed E-state index contributed by atoms with van der Waals surface area (Å²) in [4.78, 5) is 11.4. The molecule has 1 aromatic heterocycles. The van der Waals surface area contributed by atoms with Crippen molar-refractivity contribution in [2.75, 3.05) is 31.6 Å². The van der Waals surface area contributed by atoms with Gasteiger partial charge in [0.2, 0.25) is 11.8 Å². The van der Waals surface area contributed by atoms with Crippen LogP contribution in [-0.2, 0) is 0 Å². The topological polar surface area (TPSA) is 50.3 Å². The Labute approximate surface area is 121 Å². The van der Waals surface area contributed by atoms with E-state index in [1.54, 1.807) is 7.11 Å². The number of methoxy groups -OCH3 is 1. The van der Waals surface area contributed by atoms with E-state index in [4.69, 9.17) is 4.74 Å². The predicted molar refractivity (Wildman–Crippen MR) is 81.4 cm³/mol. The van der Waals surface area contributed by atoms with E-state index in [1.165, 1.54) is 12.8 Å². The van der Waals surface area contributed by atoms with Crippen molar-refractivity contribution in [3.63, 3.8) is 0 Å². The SMILES string of the molecule is COc1cc(C)nc(N2CCCC2CNCC(C)C)n1. The van der Waals surface area contributed by atoms with Crippen LogP contribution in [0.4, 0.5) is 5.95 Å². The quantitative estimate of drug-likeness (QED) is 0.862. The summed E-state index contributed by atoms with van der Waals surface area (Å²) in [5, 5.41) is 3.54. The maximum atomic E-state index is 5.25. The van der Waals surface area contributed by atoms with Gasteiger partial charge in [-0.3, -0.25) is 0 Å². The molecule has 1 aliphatic rings. The molecule has 1 N–H and O–H groups in total. The predicted octanol–water partition coefficient (Wildman–Crippen LogP) is 2.01. The first-order chi connectivity index (χ1) is 9.60. The molecule has 0 spiro atoms. The van der Waals surface area contributed by atoms with Crippen LogP contribution in [0.2, 0.25) is 0 Å². The number of aromatic nitrogens is 2. The van der Waals surface area contributed by atoms with Crippen molar-refractivity contribution in [1.82, 2.24) is 15.3 Å². The molecule has 1 aliphatic heterocycles. The number of nitrogens with one attached hydrogen (secondary N) is 1. The minimum atomic E-state index is 0.486. The minimum Gasteiger partial charge on any atom is -0.481 e. The van der Waals surface area contributed by atoms with Crippen LogP contribution in [0, 0.1) is 12.8 Å². The van der Waals surface area contributed by atoms with E-state index in [0.717, 1.165) is 31.3 Å². The standard InChI is InChI=1S/C15H26N4O/c1-11(2)9-16-10-13-6-5-7-19(13)15-17-12(3)8-14(18-15)20-4/h8,11,13,16H,5-7,9-10H2,1-4H3. The van der Waals surface area contributed by atoms with Gasteiger partial charge in [-0.05, 0) is 32.2 Å². The average molecular weight is 278 g/mol. The van der Waals surface area contributed by atoms with Crippen molar-refractivity contribution in [2.45, 2.75) is 39.7 Å². The van der Waals surface area contributed by atoms with Crippen LogP contribution < -0.4 is 15.0 Å². The number of nitrogens with zero attached hydrogens (tertiary/aromatic N) is 3. The Morgan fingerprint density at radius 2 is 2.25 bits per heavy atom.